The van der Waals surface area contributed by atoms with Gasteiger partial charge < -0.3 is 28.4 Å². The molecule has 198 valence electrons. The molecule has 2 N–H and O–H groups in total. The molecule has 12 nitrogen and oxygen atoms in total. The van der Waals surface area contributed by atoms with Crippen LogP contribution in [0.25, 0.3) is 0 Å². The van der Waals surface area contributed by atoms with Crippen molar-refractivity contribution in [2.75, 3.05) is 77.6 Å². The summed E-state index contributed by atoms with van der Waals surface area (Å²) in [5.74, 6) is 0.474. The van der Waals surface area contributed by atoms with Crippen LogP contribution in [0, 0.1) is 0 Å². The molecule has 34 heavy (non-hydrogen) atoms. The molecule has 0 bridgehead atoms. The lowest BCUT2D eigenvalue weighted by atomic mass is 10.3. The van der Waals surface area contributed by atoms with Crippen molar-refractivity contribution in [2.24, 2.45) is 0 Å². The molecule has 1 aromatic carbocycles. The Morgan fingerprint density at radius 2 is 0.853 bits per heavy atom. The van der Waals surface area contributed by atoms with Crippen molar-refractivity contribution >= 4 is 20.2 Å². The third-order valence-electron chi connectivity index (χ3n) is 3.95. The summed E-state index contributed by atoms with van der Waals surface area (Å²) in [6, 6.07) is 7.18. The highest BCUT2D eigenvalue weighted by atomic mass is 32.2. The molecule has 0 aliphatic rings. The van der Waals surface area contributed by atoms with Gasteiger partial charge in [-0.05, 0) is 25.0 Å². The van der Waals surface area contributed by atoms with Gasteiger partial charge in [0.15, 0.2) is 11.5 Å². The summed E-state index contributed by atoms with van der Waals surface area (Å²) in [7, 11) is -7.90. The summed E-state index contributed by atoms with van der Waals surface area (Å²) in [4.78, 5) is 0. The Morgan fingerprint density at radius 3 is 1.21 bits per heavy atom. The number of benzene rings is 1. The molecule has 0 aromatic heterocycles. The minimum Gasteiger partial charge on any atom is -0.487 e. The van der Waals surface area contributed by atoms with Crippen molar-refractivity contribution in [3.8, 4) is 11.5 Å². The molecule has 0 aliphatic carbocycles. The average molecular weight is 531 g/mol. The third kappa shape index (κ3) is 18.9. The molecule has 0 unspecified atom stereocenters. The van der Waals surface area contributed by atoms with Gasteiger partial charge >= 0.3 is 0 Å². The predicted octanol–water partition coefficient (Wildman–Crippen LogP) is 1.07. The zero-order valence-corrected chi connectivity index (χ0v) is 20.6. The molecular formula is C20H34O12S2. The monoisotopic (exact) mass is 530 g/mol. The Hall–Kier alpha value is -1.52. The molecule has 0 saturated carbocycles. The highest BCUT2D eigenvalue weighted by Gasteiger charge is 2.06. The second-order valence-corrected chi connectivity index (χ2v) is 10.0. The van der Waals surface area contributed by atoms with E-state index in [1.807, 2.05) is 12.1 Å². The average Bonchev–Trinajstić information content (AvgIpc) is 2.75. The highest BCUT2D eigenvalue weighted by Crippen LogP contribution is 2.26. The lowest BCUT2D eigenvalue weighted by Gasteiger charge is -2.13. The van der Waals surface area contributed by atoms with Gasteiger partial charge in [0.1, 0.15) is 13.2 Å². The van der Waals surface area contributed by atoms with Crippen molar-refractivity contribution in [2.45, 2.75) is 12.8 Å². The number of rotatable bonds is 22. The SMILES string of the molecule is O=S(=O)(O)CCCOCCOCCOc1ccccc1OCCOCCOCCCS(=O)(=O)O. The molecule has 0 aliphatic heterocycles. The summed E-state index contributed by atoms with van der Waals surface area (Å²) in [6.45, 7) is 2.97. The van der Waals surface area contributed by atoms with Crippen molar-refractivity contribution in [3.05, 3.63) is 24.3 Å². The van der Waals surface area contributed by atoms with Crippen molar-refractivity contribution in [3.63, 3.8) is 0 Å². The fourth-order valence-corrected chi connectivity index (χ4v) is 3.41. The van der Waals surface area contributed by atoms with Crippen LogP contribution in [0.3, 0.4) is 0 Å². The number of hydrogen-bond acceptors (Lipinski definition) is 10. The Balaban J connectivity index is 2.04. The fraction of sp³-hybridized carbons (Fsp3) is 0.700. The summed E-state index contributed by atoms with van der Waals surface area (Å²) in [6.07, 6.45) is 0.439. The molecule has 0 fully saturated rings. The number of para-hydroxylation sites is 2. The molecule has 0 spiro atoms. The first kappa shape index (κ1) is 30.5. The summed E-state index contributed by atoms with van der Waals surface area (Å²) >= 11 is 0. The van der Waals surface area contributed by atoms with Crippen molar-refractivity contribution in [1.29, 1.82) is 0 Å². The van der Waals surface area contributed by atoms with Crippen LogP contribution in [0.5, 0.6) is 11.5 Å². The largest absolute Gasteiger partial charge is 0.487 e. The molecule has 0 atom stereocenters. The topological polar surface area (TPSA) is 164 Å². The summed E-state index contributed by atoms with van der Waals surface area (Å²) in [5.41, 5.74) is 0. The minimum absolute atomic E-state index is 0.219. The van der Waals surface area contributed by atoms with Gasteiger partial charge in [-0.3, -0.25) is 9.11 Å². The Bertz CT molecular complexity index is 787. The smallest absolute Gasteiger partial charge is 0.264 e. The van der Waals surface area contributed by atoms with Crippen molar-refractivity contribution < 1.29 is 54.4 Å². The van der Waals surface area contributed by atoms with Gasteiger partial charge in [-0.1, -0.05) is 12.1 Å². The van der Waals surface area contributed by atoms with E-state index in [1.165, 1.54) is 0 Å². The molecule has 0 saturated heterocycles. The van der Waals surface area contributed by atoms with E-state index in [9.17, 15) is 16.8 Å². The van der Waals surface area contributed by atoms with Crippen LogP contribution in [-0.2, 0) is 39.2 Å². The van der Waals surface area contributed by atoms with Crippen LogP contribution in [0.15, 0.2) is 24.3 Å². The van der Waals surface area contributed by atoms with Gasteiger partial charge in [-0.2, -0.15) is 16.8 Å². The second-order valence-electron chi connectivity index (χ2n) is 6.87. The maximum absolute atomic E-state index is 10.6. The lowest BCUT2D eigenvalue weighted by molar-refractivity contribution is 0.0334. The third-order valence-corrected chi connectivity index (χ3v) is 5.55. The predicted molar refractivity (Wildman–Crippen MR) is 123 cm³/mol. The van der Waals surface area contributed by atoms with E-state index >= 15 is 0 Å². The molecule has 0 radical (unpaired) electrons. The maximum atomic E-state index is 10.6. The van der Waals surface area contributed by atoms with Gasteiger partial charge in [0.25, 0.3) is 20.2 Å². The Morgan fingerprint density at radius 1 is 0.529 bits per heavy atom. The maximum Gasteiger partial charge on any atom is 0.264 e. The van der Waals surface area contributed by atoms with Crippen LogP contribution >= 0.6 is 0 Å². The zero-order chi connectivity index (χ0) is 25.1. The second kappa shape index (κ2) is 17.8. The van der Waals surface area contributed by atoms with Gasteiger partial charge in [0.2, 0.25) is 0 Å². The quantitative estimate of drug-likeness (QED) is 0.162. The standard InChI is InChI=1S/C20H34O12S2/c21-33(22,23)17-3-7-27-9-11-29-13-15-31-19-5-1-2-6-20(19)32-16-14-30-12-10-28-8-4-18-34(24,25)26/h1-2,5-6H,3-4,7-18H2,(H,21,22,23)(H,24,25,26). The Kier molecular flexibility index (Phi) is 16.0. The number of ether oxygens (including phenoxy) is 6. The van der Waals surface area contributed by atoms with Crippen LogP contribution in [0.2, 0.25) is 0 Å². The molecule has 14 heteroatoms. The first-order valence-electron chi connectivity index (χ1n) is 10.7. The lowest BCUT2D eigenvalue weighted by Crippen LogP contribution is -2.14. The van der Waals surface area contributed by atoms with Crippen LogP contribution in [0.1, 0.15) is 12.8 Å². The first-order valence-corrected chi connectivity index (χ1v) is 13.9. The van der Waals surface area contributed by atoms with E-state index in [0.29, 0.717) is 64.4 Å². The summed E-state index contributed by atoms with van der Waals surface area (Å²) < 4.78 is 92.0. The number of hydrogen-bond donors (Lipinski definition) is 2. The minimum atomic E-state index is -3.95. The van der Waals surface area contributed by atoms with Crippen LogP contribution in [-0.4, -0.2) is 104 Å². The highest BCUT2D eigenvalue weighted by molar-refractivity contribution is 7.86. The van der Waals surface area contributed by atoms with Gasteiger partial charge in [0, 0.05) is 13.2 Å². The van der Waals surface area contributed by atoms with E-state index in [2.05, 4.69) is 0 Å². The van der Waals surface area contributed by atoms with E-state index in [0.717, 1.165) is 0 Å². The molecular weight excluding hydrogens is 496 g/mol. The molecule has 1 rings (SSSR count). The van der Waals surface area contributed by atoms with Crippen LogP contribution in [0.4, 0.5) is 0 Å². The van der Waals surface area contributed by atoms with E-state index in [1.54, 1.807) is 12.1 Å². The van der Waals surface area contributed by atoms with Gasteiger partial charge in [-0.15, -0.1) is 0 Å². The van der Waals surface area contributed by atoms with E-state index < -0.39 is 20.2 Å². The normalized spacial score (nSPS) is 12.1. The van der Waals surface area contributed by atoms with Gasteiger partial charge in [-0.25, -0.2) is 0 Å². The first-order chi connectivity index (χ1) is 16.2. The fourth-order valence-electron chi connectivity index (χ4n) is 2.44. The van der Waals surface area contributed by atoms with Crippen LogP contribution < -0.4 is 9.47 Å². The summed E-state index contributed by atoms with van der Waals surface area (Å²) in [5, 5.41) is 0. The van der Waals surface area contributed by atoms with E-state index in [-0.39, 0.29) is 37.6 Å². The van der Waals surface area contributed by atoms with Crippen molar-refractivity contribution in [1.82, 2.24) is 0 Å². The molecule has 0 heterocycles. The molecule has 1 aromatic rings. The van der Waals surface area contributed by atoms with Gasteiger partial charge in [0.05, 0.1) is 51.1 Å². The Labute approximate surface area is 200 Å². The van der Waals surface area contributed by atoms with E-state index in [4.69, 9.17) is 37.5 Å². The molecule has 0 amide bonds. The zero-order valence-electron chi connectivity index (χ0n) is 19.0.